The summed E-state index contributed by atoms with van der Waals surface area (Å²) in [6, 6.07) is 6.72. The first kappa shape index (κ1) is 13.4. The third-order valence-corrected chi connectivity index (χ3v) is 4.73. The third-order valence-electron chi connectivity index (χ3n) is 4.24. The number of ether oxygens (including phenoxy) is 2. The molecule has 3 rings (SSSR count). The molecule has 1 aliphatic carbocycles. The van der Waals surface area contributed by atoms with Crippen molar-refractivity contribution >= 4 is 15.9 Å². The fourth-order valence-electron chi connectivity index (χ4n) is 3.26. The smallest absolute Gasteiger partial charge is 0.126 e. The third kappa shape index (κ3) is 2.41. The van der Waals surface area contributed by atoms with Gasteiger partial charge in [-0.2, -0.15) is 0 Å². The summed E-state index contributed by atoms with van der Waals surface area (Å²) < 4.78 is 12.8. The molecule has 1 saturated carbocycles. The van der Waals surface area contributed by atoms with E-state index >= 15 is 0 Å². The Morgan fingerprint density at radius 2 is 2.21 bits per heavy atom. The molecule has 0 radical (unpaired) electrons. The van der Waals surface area contributed by atoms with Crippen LogP contribution in [0.25, 0.3) is 0 Å². The number of nitrogens with one attached hydrogen (secondary N) is 1. The minimum Gasteiger partial charge on any atom is -0.487 e. The number of hydrogen-bond donors (Lipinski definition) is 1. The Bertz CT molecular complexity index is 471. The van der Waals surface area contributed by atoms with Crippen LogP contribution < -0.4 is 10.1 Å². The Hall–Kier alpha value is -0.580. The van der Waals surface area contributed by atoms with Crippen LogP contribution in [0.5, 0.6) is 5.75 Å². The second-order valence-corrected chi connectivity index (χ2v) is 6.46. The second kappa shape index (κ2) is 5.08. The van der Waals surface area contributed by atoms with Crippen molar-refractivity contribution in [2.24, 2.45) is 0 Å². The van der Waals surface area contributed by atoms with Gasteiger partial charge in [-0.15, -0.1) is 0 Å². The van der Waals surface area contributed by atoms with E-state index in [1.807, 2.05) is 0 Å². The van der Waals surface area contributed by atoms with Crippen molar-refractivity contribution in [1.82, 2.24) is 5.32 Å². The predicted octanol–water partition coefficient (Wildman–Crippen LogP) is 3.43. The predicted molar refractivity (Wildman–Crippen MR) is 78.6 cm³/mol. The SMILES string of the molecule is CCNC1CC2(CC(OC)C2)Oc2cc(Br)ccc21. The minimum atomic E-state index is -0.0265. The summed E-state index contributed by atoms with van der Waals surface area (Å²) in [6.45, 7) is 3.13. The van der Waals surface area contributed by atoms with Gasteiger partial charge in [-0.1, -0.05) is 28.9 Å². The lowest BCUT2D eigenvalue weighted by Gasteiger charge is -2.51. The number of fused-ring (bicyclic) bond motifs is 1. The molecule has 0 aromatic heterocycles. The van der Waals surface area contributed by atoms with E-state index < -0.39 is 0 Å². The standard InChI is InChI=1S/C15H20BrNO2/c1-3-17-13-9-15(7-11(8-15)18-2)19-14-6-10(16)4-5-12(13)14/h4-6,11,13,17H,3,7-9H2,1-2H3. The molecule has 1 fully saturated rings. The summed E-state index contributed by atoms with van der Waals surface area (Å²) >= 11 is 3.53. The van der Waals surface area contributed by atoms with E-state index in [0.717, 1.165) is 36.0 Å². The maximum Gasteiger partial charge on any atom is 0.126 e. The van der Waals surface area contributed by atoms with Gasteiger partial charge in [0.2, 0.25) is 0 Å². The number of benzene rings is 1. The fraction of sp³-hybridized carbons (Fsp3) is 0.600. The van der Waals surface area contributed by atoms with Crippen LogP contribution >= 0.6 is 15.9 Å². The summed E-state index contributed by atoms with van der Waals surface area (Å²) in [4.78, 5) is 0. The molecule has 1 heterocycles. The Balaban J connectivity index is 1.88. The van der Waals surface area contributed by atoms with E-state index in [1.165, 1.54) is 5.56 Å². The van der Waals surface area contributed by atoms with Gasteiger partial charge in [0.05, 0.1) is 6.10 Å². The molecule has 0 amide bonds. The monoisotopic (exact) mass is 325 g/mol. The molecule has 0 saturated heterocycles. The molecule has 1 atom stereocenters. The van der Waals surface area contributed by atoms with Crippen molar-refractivity contribution in [3.05, 3.63) is 28.2 Å². The summed E-state index contributed by atoms with van der Waals surface area (Å²) in [7, 11) is 1.78. The topological polar surface area (TPSA) is 30.5 Å². The van der Waals surface area contributed by atoms with E-state index in [0.29, 0.717) is 12.1 Å². The molecule has 104 valence electrons. The molecule has 1 aromatic carbocycles. The van der Waals surface area contributed by atoms with Gasteiger partial charge in [-0.05, 0) is 18.7 Å². The Morgan fingerprint density at radius 3 is 2.89 bits per heavy atom. The van der Waals surface area contributed by atoms with E-state index in [4.69, 9.17) is 9.47 Å². The highest BCUT2D eigenvalue weighted by Crippen LogP contribution is 2.50. The zero-order valence-electron chi connectivity index (χ0n) is 11.4. The average molecular weight is 326 g/mol. The van der Waals surface area contributed by atoms with Crippen molar-refractivity contribution < 1.29 is 9.47 Å². The number of methoxy groups -OCH3 is 1. The van der Waals surface area contributed by atoms with E-state index in [-0.39, 0.29) is 5.60 Å². The molecule has 0 bridgehead atoms. The van der Waals surface area contributed by atoms with Crippen LogP contribution in [0.3, 0.4) is 0 Å². The molecule has 1 N–H and O–H groups in total. The zero-order valence-corrected chi connectivity index (χ0v) is 13.0. The largest absolute Gasteiger partial charge is 0.487 e. The summed E-state index contributed by atoms with van der Waals surface area (Å²) in [5.74, 6) is 1.01. The number of halogens is 1. The quantitative estimate of drug-likeness (QED) is 0.923. The summed E-state index contributed by atoms with van der Waals surface area (Å²) in [6.07, 6.45) is 3.39. The van der Waals surface area contributed by atoms with Gasteiger partial charge in [0, 0.05) is 42.5 Å². The van der Waals surface area contributed by atoms with Gasteiger partial charge in [0.15, 0.2) is 0 Å². The fourth-order valence-corrected chi connectivity index (χ4v) is 3.60. The minimum absolute atomic E-state index is 0.0265. The summed E-state index contributed by atoms with van der Waals surface area (Å²) in [5.41, 5.74) is 1.25. The van der Waals surface area contributed by atoms with Crippen molar-refractivity contribution in [1.29, 1.82) is 0 Å². The molecule has 4 heteroatoms. The number of rotatable bonds is 3. The lowest BCUT2D eigenvalue weighted by Crippen LogP contribution is -2.56. The van der Waals surface area contributed by atoms with Gasteiger partial charge < -0.3 is 14.8 Å². The van der Waals surface area contributed by atoms with Crippen LogP contribution in [0.15, 0.2) is 22.7 Å². The summed E-state index contributed by atoms with van der Waals surface area (Å²) in [5, 5.41) is 3.58. The Labute approximate surface area is 122 Å². The first-order chi connectivity index (χ1) is 9.15. The van der Waals surface area contributed by atoms with Gasteiger partial charge in [-0.25, -0.2) is 0 Å². The maximum absolute atomic E-state index is 6.29. The Morgan fingerprint density at radius 1 is 1.42 bits per heavy atom. The second-order valence-electron chi connectivity index (χ2n) is 5.55. The van der Waals surface area contributed by atoms with Gasteiger partial charge in [0.25, 0.3) is 0 Å². The Kier molecular flexibility index (Phi) is 3.58. The highest BCUT2D eigenvalue weighted by atomic mass is 79.9. The lowest BCUT2D eigenvalue weighted by molar-refractivity contribution is -0.126. The molecule has 1 aliphatic heterocycles. The van der Waals surface area contributed by atoms with E-state index in [9.17, 15) is 0 Å². The number of hydrogen-bond acceptors (Lipinski definition) is 3. The molecule has 19 heavy (non-hydrogen) atoms. The van der Waals surface area contributed by atoms with Crippen LogP contribution in [0.1, 0.15) is 37.8 Å². The van der Waals surface area contributed by atoms with Crippen molar-refractivity contribution in [2.45, 2.75) is 43.9 Å². The molecule has 2 aliphatic rings. The van der Waals surface area contributed by atoms with Gasteiger partial charge in [0.1, 0.15) is 11.4 Å². The molecular weight excluding hydrogens is 306 g/mol. The first-order valence-electron chi connectivity index (χ1n) is 6.90. The van der Waals surface area contributed by atoms with Crippen LogP contribution in [-0.4, -0.2) is 25.4 Å². The molecule has 3 nitrogen and oxygen atoms in total. The molecular formula is C15H20BrNO2. The van der Waals surface area contributed by atoms with Crippen molar-refractivity contribution in [2.75, 3.05) is 13.7 Å². The zero-order chi connectivity index (χ0) is 13.5. The highest BCUT2D eigenvalue weighted by molar-refractivity contribution is 9.10. The van der Waals surface area contributed by atoms with Gasteiger partial charge >= 0.3 is 0 Å². The average Bonchev–Trinajstić information content (AvgIpc) is 2.35. The molecule has 1 unspecified atom stereocenters. The van der Waals surface area contributed by atoms with Crippen molar-refractivity contribution in [3.8, 4) is 5.75 Å². The van der Waals surface area contributed by atoms with Crippen LogP contribution in [0.4, 0.5) is 0 Å². The van der Waals surface area contributed by atoms with Crippen LogP contribution in [0, 0.1) is 0 Å². The van der Waals surface area contributed by atoms with E-state index in [2.05, 4.69) is 46.4 Å². The normalized spacial score (nSPS) is 32.6. The molecule has 1 spiro atoms. The molecule has 1 aromatic rings. The van der Waals surface area contributed by atoms with Gasteiger partial charge in [-0.3, -0.25) is 0 Å². The first-order valence-corrected chi connectivity index (χ1v) is 7.70. The van der Waals surface area contributed by atoms with Crippen molar-refractivity contribution in [3.63, 3.8) is 0 Å². The van der Waals surface area contributed by atoms with Crippen LogP contribution in [0.2, 0.25) is 0 Å². The maximum atomic E-state index is 6.29. The van der Waals surface area contributed by atoms with E-state index in [1.54, 1.807) is 7.11 Å². The van der Waals surface area contributed by atoms with Crippen LogP contribution in [-0.2, 0) is 4.74 Å². The highest BCUT2D eigenvalue weighted by Gasteiger charge is 2.50. The lowest BCUT2D eigenvalue weighted by atomic mass is 9.71.